The van der Waals surface area contributed by atoms with Crippen LogP contribution < -0.4 is 0 Å². The molecule has 0 aromatic heterocycles. The van der Waals surface area contributed by atoms with E-state index >= 15 is 0 Å². The van der Waals surface area contributed by atoms with Crippen molar-refractivity contribution in [3.63, 3.8) is 0 Å². The molecule has 0 aliphatic heterocycles. The summed E-state index contributed by atoms with van der Waals surface area (Å²) in [4.78, 5) is 10.7. The Balaban J connectivity index is 3.23. The highest BCUT2D eigenvalue weighted by Crippen LogP contribution is 1.89. The van der Waals surface area contributed by atoms with Crippen molar-refractivity contribution in [2.24, 2.45) is 0 Å². The number of ether oxygens (including phenoxy) is 3. The van der Waals surface area contributed by atoms with Crippen LogP contribution in [0.2, 0.25) is 0 Å². The van der Waals surface area contributed by atoms with Crippen molar-refractivity contribution in [1.29, 1.82) is 0 Å². The molecular weight excluding hydrogens is 148 g/mol. The standard InChI is InChI=1S/C7H14O4/c1-6(2)11-7(8)4-10-5-9-3/h6H,4-5H2,1-3H3. The highest BCUT2D eigenvalue weighted by Gasteiger charge is 2.03. The van der Waals surface area contributed by atoms with Crippen LogP contribution >= 0.6 is 0 Å². The van der Waals surface area contributed by atoms with E-state index in [0.717, 1.165) is 0 Å². The summed E-state index contributed by atoms with van der Waals surface area (Å²) in [6, 6.07) is 0. The molecule has 0 radical (unpaired) electrons. The Morgan fingerprint density at radius 2 is 2.09 bits per heavy atom. The number of hydrogen-bond donors (Lipinski definition) is 0. The number of esters is 1. The van der Waals surface area contributed by atoms with Crippen molar-refractivity contribution in [3.8, 4) is 0 Å². The quantitative estimate of drug-likeness (QED) is 0.336. The molecule has 0 rings (SSSR count). The van der Waals surface area contributed by atoms with E-state index in [-0.39, 0.29) is 25.5 Å². The summed E-state index contributed by atoms with van der Waals surface area (Å²) in [6.07, 6.45) is -0.0892. The lowest BCUT2D eigenvalue weighted by Gasteiger charge is -2.07. The van der Waals surface area contributed by atoms with Crippen LogP contribution in [-0.4, -0.2) is 32.6 Å². The van der Waals surface area contributed by atoms with Crippen molar-refractivity contribution < 1.29 is 19.0 Å². The molecule has 0 fully saturated rings. The molecule has 0 N–H and O–H groups in total. The van der Waals surface area contributed by atoms with Gasteiger partial charge >= 0.3 is 5.97 Å². The topological polar surface area (TPSA) is 44.8 Å². The fourth-order valence-corrected chi connectivity index (χ4v) is 0.505. The Bertz CT molecular complexity index is 111. The molecule has 11 heavy (non-hydrogen) atoms. The van der Waals surface area contributed by atoms with E-state index < -0.39 is 0 Å². The molecule has 0 bridgehead atoms. The van der Waals surface area contributed by atoms with Gasteiger partial charge in [0, 0.05) is 7.11 Å². The molecule has 0 saturated heterocycles. The van der Waals surface area contributed by atoms with Gasteiger partial charge in [-0.15, -0.1) is 0 Å². The normalized spacial score (nSPS) is 10.2. The second-order valence-corrected chi connectivity index (χ2v) is 2.29. The van der Waals surface area contributed by atoms with Crippen molar-refractivity contribution in [2.45, 2.75) is 20.0 Å². The average molecular weight is 162 g/mol. The largest absolute Gasteiger partial charge is 0.461 e. The second-order valence-electron chi connectivity index (χ2n) is 2.29. The first-order valence-corrected chi connectivity index (χ1v) is 3.43. The zero-order valence-electron chi connectivity index (χ0n) is 7.12. The van der Waals surface area contributed by atoms with Gasteiger partial charge in [-0.25, -0.2) is 4.79 Å². The molecule has 0 amide bonds. The van der Waals surface area contributed by atoms with Gasteiger partial charge in [-0.05, 0) is 13.8 Å². The highest BCUT2D eigenvalue weighted by atomic mass is 16.7. The maximum Gasteiger partial charge on any atom is 0.332 e. The zero-order chi connectivity index (χ0) is 8.69. The van der Waals surface area contributed by atoms with Crippen molar-refractivity contribution in [3.05, 3.63) is 0 Å². The van der Waals surface area contributed by atoms with Crippen LogP contribution in [0.4, 0.5) is 0 Å². The number of rotatable bonds is 5. The fraction of sp³-hybridized carbons (Fsp3) is 0.857. The second kappa shape index (κ2) is 6.12. The lowest BCUT2D eigenvalue weighted by molar-refractivity contribution is -0.157. The predicted molar refractivity (Wildman–Crippen MR) is 39.1 cm³/mol. The average Bonchev–Trinajstić information content (AvgIpc) is 1.86. The predicted octanol–water partition coefficient (Wildman–Crippen LogP) is 0.558. The molecule has 0 aliphatic rings. The molecule has 0 aliphatic carbocycles. The van der Waals surface area contributed by atoms with Gasteiger partial charge in [0.25, 0.3) is 0 Å². The van der Waals surface area contributed by atoms with Gasteiger partial charge in [0.05, 0.1) is 6.10 Å². The van der Waals surface area contributed by atoms with E-state index in [2.05, 4.69) is 4.74 Å². The third-order valence-electron chi connectivity index (χ3n) is 0.788. The van der Waals surface area contributed by atoms with Gasteiger partial charge in [-0.1, -0.05) is 0 Å². The molecule has 4 nitrogen and oxygen atoms in total. The van der Waals surface area contributed by atoms with Gasteiger partial charge in [0.1, 0.15) is 13.4 Å². The van der Waals surface area contributed by atoms with E-state index in [1.54, 1.807) is 13.8 Å². The first kappa shape index (κ1) is 10.4. The third-order valence-corrected chi connectivity index (χ3v) is 0.788. The first-order valence-electron chi connectivity index (χ1n) is 3.43. The van der Waals surface area contributed by atoms with Crippen molar-refractivity contribution >= 4 is 5.97 Å². The van der Waals surface area contributed by atoms with E-state index in [4.69, 9.17) is 9.47 Å². The number of carbonyl (C=O) groups excluding carboxylic acids is 1. The van der Waals surface area contributed by atoms with Crippen LogP contribution in [-0.2, 0) is 19.0 Å². The Labute approximate surface area is 66.4 Å². The van der Waals surface area contributed by atoms with Crippen LogP contribution in [0.5, 0.6) is 0 Å². The molecule has 0 atom stereocenters. The van der Waals surface area contributed by atoms with E-state index in [1.807, 2.05) is 0 Å². The number of hydrogen-bond acceptors (Lipinski definition) is 4. The molecule has 0 aromatic rings. The minimum absolute atomic E-state index is 0.0496. The minimum Gasteiger partial charge on any atom is -0.461 e. The van der Waals surface area contributed by atoms with Gasteiger partial charge in [-0.3, -0.25) is 0 Å². The molecule has 4 heteroatoms. The summed E-state index contributed by atoms with van der Waals surface area (Å²) in [7, 11) is 1.49. The van der Waals surface area contributed by atoms with Gasteiger partial charge < -0.3 is 14.2 Å². The fourth-order valence-electron chi connectivity index (χ4n) is 0.505. The maximum absolute atomic E-state index is 10.7. The molecule has 0 saturated carbocycles. The Morgan fingerprint density at radius 3 is 2.55 bits per heavy atom. The first-order chi connectivity index (χ1) is 5.16. The summed E-state index contributed by atoms with van der Waals surface area (Å²) in [5.74, 6) is -0.364. The van der Waals surface area contributed by atoms with E-state index in [1.165, 1.54) is 7.11 Å². The summed E-state index contributed by atoms with van der Waals surface area (Å²) < 4.78 is 14.1. The van der Waals surface area contributed by atoms with Crippen LogP contribution in [0.1, 0.15) is 13.8 Å². The summed E-state index contributed by atoms with van der Waals surface area (Å²) in [5.41, 5.74) is 0. The van der Waals surface area contributed by atoms with E-state index in [0.29, 0.717) is 0 Å². The number of carbonyl (C=O) groups is 1. The number of methoxy groups -OCH3 is 1. The highest BCUT2D eigenvalue weighted by molar-refractivity contribution is 5.70. The Kier molecular flexibility index (Phi) is 5.78. The van der Waals surface area contributed by atoms with Gasteiger partial charge in [0.2, 0.25) is 0 Å². The summed E-state index contributed by atoms with van der Waals surface area (Å²) >= 11 is 0. The van der Waals surface area contributed by atoms with Crippen LogP contribution in [0.25, 0.3) is 0 Å². The SMILES string of the molecule is COCOCC(=O)OC(C)C. The molecule has 0 heterocycles. The molecule has 0 unspecified atom stereocenters. The summed E-state index contributed by atoms with van der Waals surface area (Å²) in [6.45, 7) is 3.64. The lowest BCUT2D eigenvalue weighted by Crippen LogP contribution is -2.17. The Hall–Kier alpha value is -0.610. The summed E-state index contributed by atoms with van der Waals surface area (Å²) in [5, 5.41) is 0. The molecule has 66 valence electrons. The van der Waals surface area contributed by atoms with Gasteiger partial charge in [-0.2, -0.15) is 0 Å². The van der Waals surface area contributed by atoms with Crippen molar-refractivity contribution in [2.75, 3.05) is 20.5 Å². The smallest absolute Gasteiger partial charge is 0.332 e. The third kappa shape index (κ3) is 7.29. The minimum atomic E-state index is -0.364. The van der Waals surface area contributed by atoms with Crippen LogP contribution in [0, 0.1) is 0 Å². The van der Waals surface area contributed by atoms with Crippen LogP contribution in [0.3, 0.4) is 0 Å². The molecule has 0 aromatic carbocycles. The van der Waals surface area contributed by atoms with Crippen LogP contribution in [0.15, 0.2) is 0 Å². The Morgan fingerprint density at radius 1 is 1.45 bits per heavy atom. The maximum atomic E-state index is 10.7. The van der Waals surface area contributed by atoms with E-state index in [9.17, 15) is 4.79 Å². The molecular formula is C7H14O4. The monoisotopic (exact) mass is 162 g/mol. The van der Waals surface area contributed by atoms with Crippen molar-refractivity contribution in [1.82, 2.24) is 0 Å². The lowest BCUT2D eigenvalue weighted by atomic mass is 10.5. The molecule has 0 spiro atoms. The zero-order valence-corrected chi connectivity index (χ0v) is 7.12. The van der Waals surface area contributed by atoms with Gasteiger partial charge in [0.15, 0.2) is 0 Å².